The minimum absolute atomic E-state index is 0.0357. The fourth-order valence-corrected chi connectivity index (χ4v) is 4.86. The topological polar surface area (TPSA) is 67.2 Å². The number of thioether (sulfide) groups is 1. The summed E-state index contributed by atoms with van der Waals surface area (Å²) in [6.45, 7) is 5.32. The highest BCUT2D eigenvalue weighted by Crippen LogP contribution is 2.23. The van der Waals surface area contributed by atoms with Crippen molar-refractivity contribution >= 4 is 23.6 Å². The molecule has 2 amide bonds. The molecule has 1 aromatic heterocycles. The van der Waals surface area contributed by atoms with Gasteiger partial charge in [0.1, 0.15) is 0 Å². The smallest absolute Gasteiger partial charge is 0.251 e. The van der Waals surface area contributed by atoms with Crippen molar-refractivity contribution in [2.24, 2.45) is 0 Å². The Labute approximate surface area is 193 Å². The highest BCUT2D eigenvalue weighted by molar-refractivity contribution is 7.99. The Morgan fingerprint density at radius 1 is 1.03 bits per heavy atom. The number of nitrogens with one attached hydrogen (secondary N) is 1. The second-order valence-corrected chi connectivity index (χ2v) is 9.04. The molecule has 0 bridgehead atoms. The van der Waals surface area contributed by atoms with Crippen molar-refractivity contribution in [1.29, 1.82) is 0 Å². The van der Waals surface area contributed by atoms with Gasteiger partial charge in [0, 0.05) is 37.1 Å². The Kier molecular flexibility index (Phi) is 6.95. The first-order chi connectivity index (χ1) is 15.5. The highest BCUT2D eigenvalue weighted by Gasteiger charge is 2.25. The number of likely N-dealkylation sites (tertiary alicyclic amines) is 1. The third-order valence-corrected chi connectivity index (χ3v) is 6.83. The van der Waals surface area contributed by atoms with Crippen LogP contribution in [0.25, 0.3) is 5.69 Å². The minimum Gasteiger partial charge on any atom is -0.349 e. The van der Waals surface area contributed by atoms with E-state index in [0.29, 0.717) is 24.4 Å². The van der Waals surface area contributed by atoms with E-state index >= 15 is 0 Å². The fourth-order valence-electron chi connectivity index (χ4n) is 4.00. The quantitative estimate of drug-likeness (QED) is 0.579. The molecule has 0 atom stereocenters. The molecule has 2 aromatic carbocycles. The van der Waals surface area contributed by atoms with E-state index in [1.54, 1.807) is 6.20 Å². The zero-order valence-electron chi connectivity index (χ0n) is 18.5. The van der Waals surface area contributed by atoms with Gasteiger partial charge in [-0.25, -0.2) is 4.98 Å². The number of para-hydroxylation sites is 1. The number of rotatable bonds is 6. The lowest BCUT2D eigenvalue weighted by Gasteiger charge is -2.32. The van der Waals surface area contributed by atoms with Crippen LogP contribution >= 0.6 is 11.8 Å². The molecule has 0 aliphatic carbocycles. The summed E-state index contributed by atoms with van der Waals surface area (Å²) in [6.07, 6.45) is 5.23. The number of piperidine rings is 1. The van der Waals surface area contributed by atoms with E-state index in [-0.39, 0.29) is 17.9 Å². The van der Waals surface area contributed by atoms with Crippen molar-refractivity contribution in [1.82, 2.24) is 19.8 Å². The van der Waals surface area contributed by atoms with Gasteiger partial charge >= 0.3 is 0 Å². The van der Waals surface area contributed by atoms with Gasteiger partial charge in [0.15, 0.2) is 5.16 Å². The van der Waals surface area contributed by atoms with Crippen molar-refractivity contribution in [2.75, 3.05) is 18.8 Å². The van der Waals surface area contributed by atoms with Gasteiger partial charge in [-0.2, -0.15) is 0 Å². The van der Waals surface area contributed by atoms with E-state index in [4.69, 9.17) is 0 Å². The average Bonchev–Trinajstić information content (AvgIpc) is 3.27. The third kappa shape index (κ3) is 5.05. The van der Waals surface area contributed by atoms with Crippen LogP contribution in [0.15, 0.2) is 66.1 Å². The minimum atomic E-state index is -0.0357. The predicted octanol–water partition coefficient (Wildman–Crippen LogP) is 4.00. The van der Waals surface area contributed by atoms with Gasteiger partial charge in [-0.15, -0.1) is 0 Å². The lowest BCUT2D eigenvalue weighted by Crippen LogP contribution is -2.47. The lowest BCUT2D eigenvalue weighted by atomic mass is 10.0. The zero-order chi connectivity index (χ0) is 22.5. The van der Waals surface area contributed by atoms with Crippen molar-refractivity contribution in [3.8, 4) is 5.69 Å². The van der Waals surface area contributed by atoms with Crippen LogP contribution in [0.2, 0.25) is 0 Å². The molecule has 32 heavy (non-hydrogen) atoms. The van der Waals surface area contributed by atoms with E-state index in [1.165, 1.54) is 11.8 Å². The first-order valence-corrected chi connectivity index (χ1v) is 11.9. The van der Waals surface area contributed by atoms with Crippen molar-refractivity contribution < 1.29 is 9.59 Å². The number of nitrogens with zero attached hydrogens (tertiary/aromatic N) is 3. The molecule has 1 N–H and O–H groups in total. The number of benzene rings is 2. The Bertz CT molecular complexity index is 1100. The van der Waals surface area contributed by atoms with E-state index < -0.39 is 0 Å². The summed E-state index contributed by atoms with van der Waals surface area (Å²) in [5, 5.41) is 3.94. The molecule has 0 radical (unpaired) electrons. The second-order valence-electron chi connectivity index (χ2n) is 8.10. The fraction of sp³-hybridized carbons (Fsp3) is 0.320. The van der Waals surface area contributed by atoms with Crippen LogP contribution in [-0.2, 0) is 4.79 Å². The van der Waals surface area contributed by atoms with Gasteiger partial charge in [-0.1, -0.05) is 48.2 Å². The maximum Gasteiger partial charge on any atom is 0.251 e. The monoisotopic (exact) mass is 448 g/mol. The van der Waals surface area contributed by atoms with E-state index in [1.807, 2.05) is 59.0 Å². The molecule has 0 unspecified atom stereocenters. The third-order valence-electron chi connectivity index (χ3n) is 5.88. The van der Waals surface area contributed by atoms with Crippen LogP contribution in [0.5, 0.6) is 0 Å². The maximum absolute atomic E-state index is 12.8. The Balaban J connectivity index is 1.28. The van der Waals surface area contributed by atoms with Gasteiger partial charge in [0.25, 0.3) is 5.91 Å². The molecule has 2 heterocycles. The molecule has 1 aliphatic rings. The highest BCUT2D eigenvalue weighted by atomic mass is 32.2. The molecule has 1 saturated heterocycles. The molecule has 1 aliphatic heterocycles. The Morgan fingerprint density at radius 2 is 1.72 bits per heavy atom. The van der Waals surface area contributed by atoms with Crippen LogP contribution in [0.3, 0.4) is 0 Å². The SMILES string of the molecule is Cc1ccccc1C(=O)NC1CCN(C(=O)CSc2nccn2-c2ccccc2C)CC1. The van der Waals surface area contributed by atoms with Crippen molar-refractivity contribution in [2.45, 2.75) is 37.9 Å². The van der Waals surface area contributed by atoms with E-state index in [2.05, 4.69) is 29.4 Å². The summed E-state index contributed by atoms with van der Waals surface area (Å²) in [7, 11) is 0. The summed E-state index contributed by atoms with van der Waals surface area (Å²) in [6, 6.07) is 15.8. The molecule has 3 aromatic rings. The van der Waals surface area contributed by atoms with Crippen LogP contribution in [0, 0.1) is 13.8 Å². The number of hydrogen-bond donors (Lipinski definition) is 1. The summed E-state index contributed by atoms with van der Waals surface area (Å²) in [5.41, 5.74) is 3.92. The van der Waals surface area contributed by atoms with E-state index in [0.717, 1.165) is 34.8 Å². The Hall–Kier alpha value is -3.06. The summed E-state index contributed by atoms with van der Waals surface area (Å²) < 4.78 is 2.03. The van der Waals surface area contributed by atoms with Crippen LogP contribution in [-0.4, -0.2) is 51.1 Å². The molecular weight excluding hydrogens is 420 g/mol. The first kappa shape index (κ1) is 22.1. The number of imidazole rings is 1. The number of carbonyl (C=O) groups is 2. The van der Waals surface area contributed by atoms with Gasteiger partial charge < -0.3 is 10.2 Å². The van der Waals surface area contributed by atoms with E-state index in [9.17, 15) is 9.59 Å². The second kappa shape index (κ2) is 10.0. The Morgan fingerprint density at radius 3 is 2.44 bits per heavy atom. The number of aromatic nitrogens is 2. The molecule has 0 spiro atoms. The average molecular weight is 449 g/mol. The van der Waals surface area contributed by atoms with Crippen LogP contribution < -0.4 is 5.32 Å². The summed E-state index contributed by atoms with van der Waals surface area (Å²) in [4.78, 5) is 31.7. The zero-order valence-corrected chi connectivity index (χ0v) is 19.3. The molecule has 7 heteroatoms. The molecule has 6 nitrogen and oxygen atoms in total. The van der Waals surface area contributed by atoms with Gasteiger partial charge in [-0.05, 0) is 49.9 Å². The van der Waals surface area contributed by atoms with Crippen molar-refractivity contribution in [3.05, 3.63) is 77.6 Å². The maximum atomic E-state index is 12.8. The van der Waals surface area contributed by atoms with Crippen LogP contribution in [0.1, 0.15) is 34.3 Å². The predicted molar refractivity (Wildman–Crippen MR) is 127 cm³/mol. The summed E-state index contributed by atoms with van der Waals surface area (Å²) >= 11 is 1.46. The summed E-state index contributed by atoms with van der Waals surface area (Å²) in [5.74, 6) is 0.424. The molecular formula is C25H28N4O2S. The molecule has 4 rings (SSSR count). The number of amides is 2. The lowest BCUT2D eigenvalue weighted by molar-refractivity contribution is -0.129. The molecule has 166 valence electrons. The number of carbonyl (C=O) groups excluding carboxylic acids is 2. The number of hydrogen-bond acceptors (Lipinski definition) is 4. The van der Waals surface area contributed by atoms with Crippen molar-refractivity contribution in [3.63, 3.8) is 0 Å². The normalized spacial score (nSPS) is 14.4. The van der Waals surface area contributed by atoms with Gasteiger partial charge in [0.05, 0.1) is 11.4 Å². The molecule has 0 saturated carbocycles. The first-order valence-electron chi connectivity index (χ1n) is 10.9. The largest absolute Gasteiger partial charge is 0.349 e. The van der Waals surface area contributed by atoms with Gasteiger partial charge in [0.2, 0.25) is 5.91 Å². The number of aryl methyl sites for hydroxylation is 2. The van der Waals surface area contributed by atoms with Gasteiger partial charge in [-0.3, -0.25) is 14.2 Å². The standard InChI is InChI=1S/C25H28N4O2S/c1-18-7-3-5-9-21(18)24(31)27-20-11-14-28(15-12-20)23(30)17-32-25-26-13-16-29(25)22-10-6-4-8-19(22)2/h3-10,13,16,20H,11-12,14-15,17H2,1-2H3,(H,27,31). The van der Waals surface area contributed by atoms with Crippen LogP contribution in [0.4, 0.5) is 0 Å². The molecule has 1 fully saturated rings.